The van der Waals surface area contributed by atoms with E-state index in [9.17, 15) is 19.5 Å². The quantitative estimate of drug-likeness (QED) is 0.405. The predicted octanol–water partition coefficient (Wildman–Crippen LogP) is 0.945. The van der Waals surface area contributed by atoms with Crippen molar-refractivity contribution in [3.05, 3.63) is 29.8 Å². The minimum atomic E-state index is -0.709. The maximum absolute atomic E-state index is 14.3. The van der Waals surface area contributed by atoms with Crippen LogP contribution in [0.3, 0.4) is 0 Å². The van der Waals surface area contributed by atoms with Crippen molar-refractivity contribution in [3.63, 3.8) is 0 Å². The first-order chi connectivity index (χ1) is 18.9. The molecule has 3 aliphatic heterocycles. The highest BCUT2D eigenvalue weighted by Gasteiger charge is 2.47. The number of ether oxygens (including phenoxy) is 1. The van der Waals surface area contributed by atoms with Gasteiger partial charge in [-0.15, -0.1) is 0 Å². The smallest absolute Gasteiger partial charge is 0.246 e. The van der Waals surface area contributed by atoms with Crippen LogP contribution in [0, 0.1) is 5.92 Å². The number of nitrogens with one attached hydrogen (secondary N) is 3. The van der Waals surface area contributed by atoms with Gasteiger partial charge in [-0.05, 0) is 45.2 Å². The lowest BCUT2D eigenvalue weighted by atomic mass is 9.82. The molecule has 3 heterocycles. The lowest BCUT2D eigenvalue weighted by Crippen LogP contribution is -2.66. The zero-order valence-corrected chi connectivity index (χ0v) is 23.1. The Morgan fingerprint density at radius 1 is 1.05 bits per heavy atom. The van der Waals surface area contributed by atoms with Gasteiger partial charge in [0.2, 0.25) is 17.7 Å². The van der Waals surface area contributed by atoms with Crippen LogP contribution in [-0.2, 0) is 14.4 Å². The number of aliphatic hydroxyl groups is 1. The molecule has 0 radical (unpaired) electrons. The zero-order valence-electron chi connectivity index (χ0n) is 23.1. The molecule has 3 amide bonds. The second-order valence-electron chi connectivity index (χ2n) is 11.6. The Labute approximate surface area is 230 Å². The summed E-state index contributed by atoms with van der Waals surface area (Å²) in [6.07, 6.45) is 5.70. The SMILES string of the molecule is CN[C@@H](C)C(=O)N[C@H](C(=O)N1C[C@H]2C[C@@H](O)CN2C[C@H]1C(=O)N[C@@H]1CCOc2ccccc21)C1CCCCC1. The van der Waals surface area contributed by atoms with Crippen LogP contribution >= 0.6 is 0 Å². The van der Waals surface area contributed by atoms with E-state index in [1.807, 2.05) is 24.3 Å². The number of hydrogen-bond acceptors (Lipinski definition) is 7. The first kappa shape index (κ1) is 27.9. The maximum atomic E-state index is 14.3. The van der Waals surface area contributed by atoms with E-state index in [1.54, 1.807) is 18.9 Å². The van der Waals surface area contributed by atoms with Crippen LogP contribution in [0.4, 0.5) is 0 Å². The number of hydrogen-bond donors (Lipinski definition) is 4. The number of fused-ring (bicyclic) bond motifs is 2. The Morgan fingerprint density at radius 2 is 1.82 bits per heavy atom. The van der Waals surface area contributed by atoms with Crippen LogP contribution in [0.2, 0.25) is 0 Å². The monoisotopic (exact) mass is 541 g/mol. The summed E-state index contributed by atoms with van der Waals surface area (Å²) >= 11 is 0. The molecule has 1 aliphatic carbocycles. The minimum absolute atomic E-state index is 0.00394. The van der Waals surface area contributed by atoms with Crippen molar-refractivity contribution in [2.45, 2.75) is 88.2 Å². The summed E-state index contributed by atoms with van der Waals surface area (Å²) in [5.41, 5.74) is 0.939. The number of benzene rings is 1. The van der Waals surface area contributed by atoms with Crippen LogP contribution < -0.4 is 20.7 Å². The van der Waals surface area contributed by atoms with E-state index >= 15 is 0 Å². The van der Waals surface area contributed by atoms with Crippen molar-refractivity contribution in [2.75, 3.05) is 33.3 Å². The molecule has 4 aliphatic rings. The molecule has 4 N–H and O–H groups in total. The van der Waals surface area contributed by atoms with E-state index in [1.165, 1.54) is 0 Å². The van der Waals surface area contributed by atoms with Gasteiger partial charge >= 0.3 is 0 Å². The highest BCUT2D eigenvalue weighted by molar-refractivity contribution is 5.93. The summed E-state index contributed by atoms with van der Waals surface area (Å²) in [7, 11) is 1.72. The van der Waals surface area contributed by atoms with Crippen molar-refractivity contribution in [3.8, 4) is 5.75 Å². The number of likely N-dealkylation sites (N-methyl/N-ethyl adjacent to an activating group) is 1. The van der Waals surface area contributed by atoms with Gasteiger partial charge in [0.05, 0.1) is 24.8 Å². The molecule has 6 atom stereocenters. The molecule has 0 spiro atoms. The highest BCUT2D eigenvalue weighted by atomic mass is 16.5. The fourth-order valence-electron chi connectivity index (χ4n) is 6.71. The van der Waals surface area contributed by atoms with Gasteiger partial charge in [-0.1, -0.05) is 37.5 Å². The van der Waals surface area contributed by atoms with Crippen molar-refractivity contribution in [2.24, 2.45) is 5.92 Å². The molecule has 0 aromatic heterocycles. The summed E-state index contributed by atoms with van der Waals surface area (Å²) < 4.78 is 5.78. The van der Waals surface area contributed by atoms with Gasteiger partial charge in [0.25, 0.3) is 0 Å². The molecule has 1 saturated carbocycles. The number of nitrogens with zero attached hydrogens (tertiary/aromatic N) is 2. The fourth-order valence-corrected chi connectivity index (χ4v) is 6.71. The molecule has 214 valence electrons. The standard InChI is InChI=1S/C29H43N5O5/c1-18(30-2)27(36)32-26(19-8-4-3-5-9-19)29(38)34-15-20-14-21(35)16-33(20)17-24(34)28(37)31-23-12-13-39-25-11-7-6-10-22(23)25/h6-7,10-11,18-21,23-24,26,30,35H,3-5,8-9,12-17H2,1-2H3,(H,31,37)(H,32,36)/t18-,20+,21+,23+,24-,26-/m0/s1. The number of amides is 3. The molecule has 2 saturated heterocycles. The van der Waals surface area contributed by atoms with Gasteiger partial charge in [-0.25, -0.2) is 0 Å². The molecule has 0 unspecified atom stereocenters. The Kier molecular flexibility index (Phi) is 8.73. The van der Waals surface area contributed by atoms with E-state index < -0.39 is 24.2 Å². The molecule has 3 fully saturated rings. The van der Waals surface area contributed by atoms with Gasteiger partial charge in [-0.3, -0.25) is 19.3 Å². The molecule has 10 nitrogen and oxygen atoms in total. The van der Waals surface area contributed by atoms with Crippen molar-refractivity contribution in [1.29, 1.82) is 0 Å². The van der Waals surface area contributed by atoms with Gasteiger partial charge in [0.15, 0.2) is 0 Å². The van der Waals surface area contributed by atoms with Gasteiger partial charge in [0.1, 0.15) is 17.8 Å². The third-order valence-corrected chi connectivity index (χ3v) is 9.07. The van der Waals surface area contributed by atoms with Crippen LogP contribution in [0.1, 0.15) is 63.5 Å². The van der Waals surface area contributed by atoms with Crippen molar-refractivity contribution in [1.82, 2.24) is 25.8 Å². The van der Waals surface area contributed by atoms with Crippen LogP contribution in [0.5, 0.6) is 5.75 Å². The molecule has 5 rings (SSSR count). The largest absolute Gasteiger partial charge is 0.493 e. The second-order valence-corrected chi connectivity index (χ2v) is 11.6. The summed E-state index contributed by atoms with van der Waals surface area (Å²) in [5, 5.41) is 19.6. The van der Waals surface area contributed by atoms with E-state index in [2.05, 4.69) is 20.9 Å². The van der Waals surface area contributed by atoms with Crippen LogP contribution in [-0.4, -0.2) is 96.2 Å². The molecule has 0 bridgehead atoms. The molecular formula is C29H43N5O5. The van der Waals surface area contributed by atoms with E-state index in [0.717, 1.165) is 43.4 Å². The number of para-hydroxylation sites is 1. The normalized spacial score (nSPS) is 28.9. The fraction of sp³-hybridized carbons (Fsp3) is 0.690. The third-order valence-electron chi connectivity index (χ3n) is 9.07. The number of piperazine rings is 1. The van der Waals surface area contributed by atoms with E-state index in [4.69, 9.17) is 4.74 Å². The first-order valence-electron chi connectivity index (χ1n) is 14.6. The molecule has 10 heteroatoms. The summed E-state index contributed by atoms with van der Waals surface area (Å²) in [4.78, 5) is 45.0. The Morgan fingerprint density at radius 3 is 2.59 bits per heavy atom. The maximum Gasteiger partial charge on any atom is 0.246 e. The molecular weight excluding hydrogens is 498 g/mol. The number of carbonyl (C=O) groups excluding carboxylic acids is 3. The summed E-state index contributed by atoms with van der Waals surface area (Å²) in [6.45, 7) is 3.51. The Balaban J connectivity index is 1.40. The lowest BCUT2D eigenvalue weighted by molar-refractivity contribution is -0.149. The minimum Gasteiger partial charge on any atom is -0.493 e. The van der Waals surface area contributed by atoms with E-state index in [-0.39, 0.29) is 35.7 Å². The average molecular weight is 542 g/mol. The van der Waals surface area contributed by atoms with E-state index in [0.29, 0.717) is 39.1 Å². The average Bonchev–Trinajstić information content (AvgIpc) is 3.33. The summed E-state index contributed by atoms with van der Waals surface area (Å²) in [6, 6.07) is 5.70. The van der Waals surface area contributed by atoms with Crippen LogP contribution in [0.25, 0.3) is 0 Å². The molecule has 1 aromatic carbocycles. The first-order valence-corrected chi connectivity index (χ1v) is 14.6. The van der Waals surface area contributed by atoms with Crippen molar-refractivity contribution >= 4 is 17.7 Å². The van der Waals surface area contributed by atoms with Gasteiger partial charge < -0.3 is 30.7 Å². The molecule has 39 heavy (non-hydrogen) atoms. The van der Waals surface area contributed by atoms with Crippen LogP contribution in [0.15, 0.2) is 24.3 Å². The lowest BCUT2D eigenvalue weighted by Gasteiger charge is -2.45. The third kappa shape index (κ3) is 6.07. The summed E-state index contributed by atoms with van der Waals surface area (Å²) in [5.74, 6) is 0.204. The highest BCUT2D eigenvalue weighted by Crippen LogP contribution is 2.33. The second kappa shape index (κ2) is 12.2. The number of aliphatic hydroxyl groups excluding tert-OH is 1. The van der Waals surface area contributed by atoms with Gasteiger partial charge in [0, 0.05) is 37.7 Å². The van der Waals surface area contributed by atoms with Gasteiger partial charge in [-0.2, -0.15) is 0 Å². The zero-order chi connectivity index (χ0) is 27.5. The topological polar surface area (TPSA) is 123 Å². The number of rotatable bonds is 7. The predicted molar refractivity (Wildman–Crippen MR) is 146 cm³/mol. The number of carbonyl (C=O) groups is 3. The molecule has 1 aromatic rings. The van der Waals surface area contributed by atoms with Crippen molar-refractivity contribution < 1.29 is 24.2 Å². The Hall–Kier alpha value is -2.69. The Bertz CT molecular complexity index is 1050.